The fraction of sp³-hybridized carbons (Fsp3) is 0.560. The molecule has 1 unspecified atom stereocenters. The number of aryl methyl sites for hydroxylation is 2. The standard InChI is InChI=1S/C25H34N2O6S/c1-13(2)26-23(29)17(12-34-7)27-20(28)11-31-19-10-18-16(8-9-25(5,6)33-18)22-21(19)14(3)15(4)24(30)32-22/h10,13,17H,8-9,11-12H2,1-7H3,(H,26,29)(H,27,28). The number of fused-ring (bicyclic) bond motifs is 3. The van der Waals surface area contributed by atoms with E-state index in [1.54, 1.807) is 13.0 Å². The highest BCUT2D eigenvalue weighted by Gasteiger charge is 2.31. The normalized spacial score (nSPS) is 15.4. The zero-order valence-corrected chi connectivity index (χ0v) is 21.7. The van der Waals surface area contributed by atoms with Gasteiger partial charge in [0.2, 0.25) is 5.91 Å². The second-order valence-corrected chi connectivity index (χ2v) is 10.5. The summed E-state index contributed by atoms with van der Waals surface area (Å²) in [5.41, 5.74) is 1.73. The number of carbonyl (C=O) groups excluding carboxylic acids is 2. The molecule has 1 aromatic carbocycles. The van der Waals surface area contributed by atoms with Crippen LogP contribution in [0, 0.1) is 13.8 Å². The largest absolute Gasteiger partial charge is 0.487 e. The maximum atomic E-state index is 12.7. The fourth-order valence-electron chi connectivity index (χ4n) is 3.96. The van der Waals surface area contributed by atoms with Crippen molar-refractivity contribution in [1.82, 2.24) is 10.6 Å². The SMILES string of the molecule is CSCC(NC(=O)COc1cc2c(c3oc(=O)c(C)c(C)c13)CCC(C)(C)O2)C(=O)NC(C)C. The number of hydrogen-bond donors (Lipinski definition) is 2. The van der Waals surface area contributed by atoms with Crippen molar-refractivity contribution in [2.24, 2.45) is 0 Å². The molecule has 34 heavy (non-hydrogen) atoms. The van der Waals surface area contributed by atoms with Gasteiger partial charge in [-0.15, -0.1) is 0 Å². The van der Waals surface area contributed by atoms with Gasteiger partial charge in [0.05, 0.1) is 5.39 Å². The molecule has 0 bridgehead atoms. The molecule has 1 aliphatic rings. The zero-order chi connectivity index (χ0) is 25.2. The lowest BCUT2D eigenvalue weighted by molar-refractivity contribution is -0.129. The number of ether oxygens (including phenoxy) is 2. The molecule has 1 atom stereocenters. The maximum Gasteiger partial charge on any atom is 0.339 e. The van der Waals surface area contributed by atoms with Crippen molar-refractivity contribution >= 4 is 34.5 Å². The molecule has 0 spiro atoms. The second-order valence-electron chi connectivity index (χ2n) is 9.58. The Morgan fingerprint density at radius 2 is 1.91 bits per heavy atom. The Morgan fingerprint density at radius 1 is 1.21 bits per heavy atom. The highest BCUT2D eigenvalue weighted by Crippen LogP contribution is 2.43. The van der Waals surface area contributed by atoms with Gasteiger partial charge in [0.25, 0.3) is 5.91 Å². The van der Waals surface area contributed by atoms with E-state index in [1.165, 1.54) is 11.8 Å². The van der Waals surface area contributed by atoms with E-state index in [1.807, 2.05) is 40.9 Å². The quantitative estimate of drug-likeness (QED) is 0.547. The molecule has 1 aromatic heterocycles. The number of nitrogens with one attached hydrogen (secondary N) is 2. The number of thioether (sulfide) groups is 1. The van der Waals surface area contributed by atoms with Gasteiger partial charge in [-0.2, -0.15) is 11.8 Å². The van der Waals surface area contributed by atoms with E-state index in [0.29, 0.717) is 40.2 Å². The molecule has 0 saturated carbocycles. The lowest BCUT2D eigenvalue weighted by Gasteiger charge is -2.33. The number of benzene rings is 1. The first kappa shape index (κ1) is 25.9. The molecule has 3 rings (SSSR count). The predicted molar refractivity (Wildman–Crippen MR) is 134 cm³/mol. The monoisotopic (exact) mass is 490 g/mol. The zero-order valence-electron chi connectivity index (χ0n) is 20.9. The van der Waals surface area contributed by atoms with Crippen LogP contribution in [0.5, 0.6) is 11.5 Å². The van der Waals surface area contributed by atoms with Crippen LogP contribution in [0.4, 0.5) is 0 Å². The van der Waals surface area contributed by atoms with Crippen molar-refractivity contribution in [2.45, 2.75) is 72.1 Å². The van der Waals surface area contributed by atoms with E-state index in [4.69, 9.17) is 13.9 Å². The maximum absolute atomic E-state index is 12.7. The van der Waals surface area contributed by atoms with Crippen molar-refractivity contribution in [2.75, 3.05) is 18.6 Å². The summed E-state index contributed by atoms with van der Waals surface area (Å²) in [5.74, 6) is 0.775. The third kappa shape index (κ3) is 5.68. The summed E-state index contributed by atoms with van der Waals surface area (Å²) in [5, 5.41) is 6.23. The molecular formula is C25H34N2O6S. The molecule has 2 N–H and O–H groups in total. The molecule has 2 amide bonds. The van der Waals surface area contributed by atoms with Crippen molar-refractivity contribution in [1.29, 1.82) is 0 Å². The lowest BCUT2D eigenvalue weighted by Crippen LogP contribution is -2.51. The fourth-order valence-corrected chi connectivity index (χ4v) is 4.53. The summed E-state index contributed by atoms with van der Waals surface area (Å²) in [7, 11) is 0. The first-order valence-corrected chi connectivity index (χ1v) is 12.8. The van der Waals surface area contributed by atoms with Gasteiger partial charge in [-0.1, -0.05) is 0 Å². The topological polar surface area (TPSA) is 107 Å². The number of carbonyl (C=O) groups is 2. The molecule has 9 heteroatoms. The lowest BCUT2D eigenvalue weighted by atomic mass is 9.92. The number of hydrogen-bond acceptors (Lipinski definition) is 7. The Bertz CT molecular complexity index is 1150. The Morgan fingerprint density at radius 3 is 2.56 bits per heavy atom. The average molecular weight is 491 g/mol. The molecule has 2 heterocycles. The van der Waals surface area contributed by atoms with E-state index in [2.05, 4.69) is 10.6 Å². The van der Waals surface area contributed by atoms with Gasteiger partial charge in [-0.25, -0.2) is 4.79 Å². The summed E-state index contributed by atoms with van der Waals surface area (Å²) >= 11 is 1.47. The Labute approximate surface area is 204 Å². The highest BCUT2D eigenvalue weighted by molar-refractivity contribution is 7.98. The first-order chi connectivity index (χ1) is 15.9. The van der Waals surface area contributed by atoms with E-state index in [-0.39, 0.29) is 24.2 Å². The third-order valence-electron chi connectivity index (χ3n) is 5.88. The molecule has 0 saturated heterocycles. The van der Waals surface area contributed by atoms with Crippen LogP contribution in [0.1, 0.15) is 50.8 Å². The molecular weight excluding hydrogens is 456 g/mol. The van der Waals surface area contributed by atoms with Gasteiger partial charge in [-0.3, -0.25) is 9.59 Å². The smallest absolute Gasteiger partial charge is 0.339 e. The van der Waals surface area contributed by atoms with Gasteiger partial charge in [0.15, 0.2) is 6.61 Å². The summed E-state index contributed by atoms with van der Waals surface area (Å²) in [6.07, 6.45) is 3.36. The van der Waals surface area contributed by atoms with Crippen molar-refractivity contribution < 1.29 is 23.5 Å². The van der Waals surface area contributed by atoms with Gasteiger partial charge in [0.1, 0.15) is 28.7 Å². The highest BCUT2D eigenvalue weighted by atomic mass is 32.2. The van der Waals surface area contributed by atoms with Crippen LogP contribution in [-0.4, -0.2) is 48.1 Å². The summed E-state index contributed by atoms with van der Waals surface area (Å²) in [4.78, 5) is 37.5. The second kappa shape index (κ2) is 10.3. The van der Waals surface area contributed by atoms with Crippen LogP contribution >= 0.6 is 11.8 Å². The average Bonchev–Trinajstić information content (AvgIpc) is 2.74. The minimum atomic E-state index is -0.667. The van der Waals surface area contributed by atoms with Crippen molar-refractivity contribution in [3.05, 3.63) is 33.2 Å². The van der Waals surface area contributed by atoms with Crippen molar-refractivity contribution in [3.63, 3.8) is 0 Å². The van der Waals surface area contributed by atoms with Crippen LogP contribution in [0.25, 0.3) is 11.0 Å². The molecule has 0 fully saturated rings. The van der Waals surface area contributed by atoms with Crippen molar-refractivity contribution in [3.8, 4) is 11.5 Å². The minimum absolute atomic E-state index is 0.0306. The number of rotatable bonds is 8. The van der Waals surface area contributed by atoms with E-state index in [0.717, 1.165) is 17.5 Å². The van der Waals surface area contributed by atoms with Crippen LogP contribution in [0.2, 0.25) is 0 Å². The van der Waals surface area contributed by atoms with E-state index in [9.17, 15) is 14.4 Å². The third-order valence-corrected chi connectivity index (χ3v) is 6.55. The molecule has 2 aromatic rings. The van der Waals surface area contributed by atoms with Gasteiger partial charge < -0.3 is 24.5 Å². The molecule has 0 radical (unpaired) electrons. The molecule has 8 nitrogen and oxygen atoms in total. The first-order valence-electron chi connectivity index (χ1n) is 11.4. The summed E-state index contributed by atoms with van der Waals surface area (Å²) in [6.45, 7) is 11.0. The Kier molecular flexibility index (Phi) is 7.85. The summed E-state index contributed by atoms with van der Waals surface area (Å²) < 4.78 is 17.8. The molecule has 186 valence electrons. The summed E-state index contributed by atoms with van der Waals surface area (Å²) in [6, 6.07) is 1.07. The van der Waals surface area contributed by atoms with Gasteiger partial charge in [-0.05, 0) is 66.2 Å². The van der Waals surface area contributed by atoms with Crippen LogP contribution in [0.3, 0.4) is 0 Å². The van der Waals surface area contributed by atoms with Gasteiger partial charge in [0, 0.05) is 29.0 Å². The predicted octanol–water partition coefficient (Wildman–Crippen LogP) is 3.26. The minimum Gasteiger partial charge on any atom is -0.487 e. The van der Waals surface area contributed by atoms with Gasteiger partial charge >= 0.3 is 5.63 Å². The van der Waals surface area contributed by atoms with Crippen LogP contribution < -0.4 is 25.7 Å². The Hall–Kier alpha value is -2.68. The number of amides is 2. The van der Waals surface area contributed by atoms with Crippen LogP contribution in [0.15, 0.2) is 15.3 Å². The van der Waals surface area contributed by atoms with E-state index < -0.39 is 17.6 Å². The van der Waals surface area contributed by atoms with Crippen LogP contribution in [-0.2, 0) is 16.0 Å². The van der Waals surface area contributed by atoms with E-state index >= 15 is 0 Å². The molecule has 1 aliphatic heterocycles. The molecule has 0 aliphatic carbocycles. The Balaban J connectivity index is 1.90.